The molecule has 0 atom stereocenters. The fourth-order valence-corrected chi connectivity index (χ4v) is 4.83. The van der Waals surface area contributed by atoms with Gasteiger partial charge in [-0.1, -0.05) is 30.3 Å². The van der Waals surface area contributed by atoms with Crippen LogP contribution in [0.5, 0.6) is 5.75 Å². The number of aryl methyl sites for hydroxylation is 1. The Balaban J connectivity index is 2.63. The average molecular weight is 420 g/mol. The zero-order chi connectivity index (χ0) is 22.0. The van der Waals surface area contributed by atoms with Crippen molar-refractivity contribution < 1.29 is 22.7 Å². The van der Waals surface area contributed by atoms with Crippen molar-refractivity contribution in [1.29, 1.82) is 0 Å². The molecule has 0 unspecified atom stereocenters. The summed E-state index contributed by atoms with van der Waals surface area (Å²) in [5, 5.41) is 0. The molecule has 2 aromatic carbocycles. The van der Waals surface area contributed by atoms with Crippen LogP contribution < -0.4 is 4.74 Å². The molecule has 1 amide bonds. The second kappa shape index (κ2) is 8.45. The zero-order valence-corrected chi connectivity index (χ0v) is 18.9. The Morgan fingerprint density at radius 2 is 1.62 bits per heavy atom. The maximum absolute atomic E-state index is 13.6. The Morgan fingerprint density at radius 1 is 1.03 bits per heavy atom. The van der Waals surface area contributed by atoms with Crippen LogP contribution in [-0.2, 0) is 21.3 Å². The molecule has 7 heteroatoms. The van der Waals surface area contributed by atoms with E-state index in [1.807, 2.05) is 6.07 Å². The van der Waals surface area contributed by atoms with E-state index in [1.165, 1.54) is 7.11 Å². The normalized spacial score (nSPS) is 11.8. The minimum absolute atomic E-state index is 0.0950. The summed E-state index contributed by atoms with van der Waals surface area (Å²) in [4.78, 5) is 13.0. The van der Waals surface area contributed by atoms with Gasteiger partial charge in [0.25, 0.3) is 10.0 Å². The molecule has 0 heterocycles. The lowest BCUT2D eigenvalue weighted by Crippen LogP contribution is -2.40. The van der Waals surface area contributed by atoms with Crippen molar-refractivity contribution in [3.05, 3.63) is 58.7 Å². The van der Waals surface area contributed by atoms with Gasteiger partial charge in [-0.25, -0.2) is 13.2 Å². The largest absolute Gasteiger partial charge is 0.496 e. The number of amides is 1. The number of carbonyl (C=O) groups excluding carboxylic acids is 1. The maximum Gasteiger partial charge on any atom is 0.424 e. The molecule has 0 saturated heterocycles. The number of methoxy groups -OCH3 is 1. The van der Waals surface area contributed by atoms with Gasteiger partial charge in [0.15, 0.2) is 0 Å². The molecule has 0 aliphatic carbocycles. The van der Waals surface area contributed by atoms with Crippen molar-refractivity contribution in [3.63, 3.8) is 0 Å². The van der Waals surface area contributed by atoms with Crippen molar-refractivity contribution in [1.82, 2.24) is 4.31 Å². The monoisotopic (exact) mass is 419 g/mol. The molecule has 2 rings (SSSR count). The van der Waals surface area contributed by atoms with E-state index in [9.17, 15) is 13.2 Å². The number of hydrogen-bond acceptors (Lipinski definition) is 5. The van der Waals surface area contributed by atoms with Gasteiger partial charge in [-0.2, -0.15) is 4.31 Å². The summed E-state index contributed by atoms with van der Waals surface area (Å²) in [6.07, 6.45) is -0.909. The number of carbonyl (C=O) groups is 1. The first-order valence-corrected chi connectivity index (χ1v) is 10.8. The fraction of sp³-hybridized carbons (Fsp3) is 0.409. The molecule has 0 bridgehead atoms. The molecule has 2 aromatic rings. The summed E-state index contributed by atoms with van der Waals surface area (Å²) in [6, 6.07) is 10.6. The summed E-state index contributed by atoms with van der Waals surface area (Å²) in [6.45, 7) is 10.2. The summed E-state index contributed by atoms with van der Waals surface area (Å²) < 4.78 is 38.8. The summed E-state index contributed by atoms with van der Waals surface area (Å²) in [5.74, 6) is 0.603. The van der Waals surface area contributed by atoms with E-state index in [1.54, 1.807) is 71.9 Å². The predicted molar refractivity (Wildman–Crippen MR) is 113 cm³/mol. The molecule has 0 saturated carbocycles. The molecule has 0 fully saturated rings. The van der Waals surface area contributed by atoms with Gasteiger partial charge in [-0.05, 0) is 69.9 Å². The first kappa shape index (κ1) is 22.7. The van der Waals surface area contributed by atoms with Crippen molar-refractivity contribution in [2.45, 2.75) is 58.6 Å². The van der Waals surface area contributed by atoms with Crippen molar-refractivity contribution in [3.8, 4) is 5.75 Å². The fourth-order valence-electron chi connectivity index (χ4n) is 3.05. The van der Waals surface area contributed by atoms with Crippen molar-refractivity contribution in [2.24, 2.45) is 0 Å². The Bertz CT molecular complexity index is 992. The van der Waals surface area contributed by atoms with Crippen LogP contribution in [0.25, 0.3) is 0 Å². The third-order valence-corrected chi connectivity index (χ3v) is 6.52. The number of sulfonamides is 1. The number of rotatable bonds is 5. The maximum atomic E-state index is 13.6. The van der Waals surface area contributed by atoms with Gasteiger partial charge in [0, 0.05) is 0 Å². The van der Waals surface area contributed by atoms with E-state index in [-0.39, 0.29) is 11.4 Å². The van der Waals surface area contributed by atoms with Crippen molar-refractivity contribution in [2.75, 3.05) is 7.11 Å². The molecular formula is C22H29NO5S. The van der Waals surface area contributed by atoms with E-state index >= 15 is 0 Å². The lowest BCUT2D eigenvalue weighted by Gasteiger charge is -2.28. The van der Waals surface area contributed by atoms with Gasteiger partial charge in [-0.3, -0.25) is 0 Å². The van der Waals surface area contributed by atoms with E-state index in [2.05, 4.69) is 0 Å². The standard InChI is InChI=1S/C22H29NO5S/c1-15-13-19(27-7)16(2)17(3)20(15)29(25,26)23(21(24)28-22(4,5)6)14-18-11-9-8-10-12-18/h8-13H,14H2,1-7H3. The smallest absolute Gasteiger partial charge is 0.424 e. The van der Waals surface area contributed by atoms with E-state index < -0.39 is 21.7 Å². The Morgan fingerprint density at radius 3 is 2.14 bits per heavy atom. The highest BCUT2D eigenvalue weighted by Gasteiger charge is 2.36. The van der Waals surface area contributed by atoms with Crippen LogP contribution in [0, 0.1) is 20.8 Å². The van der Waals surface area contributed by atoms with Gasteiger partial charge in [-0.15, -0.1) is 0 Å². The highest BCUT2D eigenvalue weighted by molar-refractivity contribution is 7.89. The highest BCUT2D eigenvalue weighted by atomic mass is 32.2. The first-order valence-electron chi connectivity index (χ1n) is 9.33. The topological polar surface area (TPSA) is 72.9 Å². The third-order valence-electron chi connectivity index (χ3n) is 4.51. The summed E-state index contributed by atoms with van der Waals surface area (Å²) in [7, 11) is -2.64. The molecule has 0 aliphatic rings. The van der Waals surface area contributed by atoms with Gasteiger partial charge < -0.3 is 9.47 Å². The number of benzene rings is 2. The van der Waals surface area contributed by atoms with E-state index in [0.29, 0.717) is 28.0 Å². The lowest BCUT2D eigenvalue weighted by molar-refractivity contribution is 0.0381. The zero-order valence-electron chi connectivity index (χ0n) is 18.1. The van der Waals surface area contributed by atoms with Gasteiger partial charge in [0.2, 0.25) is 0 Å². The molecule has 29 heavy (non-hydrogen) atoms. The van der Waals surface area contributed by atoms with Crippen LogP contribution >= 0.6 is 0 Å². The Hall–Kier alpha value is -2.54. The minimum Gasteiger partial charge on any atom is -0.496 e. The van der Waals surface area contributed by atoms with Crippen LogP contribution in [0.2, 0.25) is 0 Å². The first-order chi connectivity index (χ1) is 13.4. The Kier molecular flexibility index (Phi) is 6.63. The SMILES string of the molecule is COc1cc(C)c(S(=O)(=O)N(Cc2ccccc2)C(=O)OC(C)(C)C)c(C)c1C. The minimum atomic E-state index is -4.18. The molecule has 6 nitrogen and oxygen atoms in total. The second-order valence-electron chi connectivity index (χ2n) is 7.95. The Labute approximate surface area is 173 Å². The van der Waals surface area contributed by atoms with Gasteiger partial charge in [0.1, 0.15) is 11.4 Å². The average Bonchev–Trinajstić information content (AvgIpc) is 2.61. The second-order valence-corrected chi connectivity index (χ2v) is 9.75. The quantitative estimate of drug-likeness (QED) is 0.699. The molecule has 158 valence electrons. The molecular weight excluding hydrogens is 390 g/mol. The molecule has 0 aromatic heterocycles. The third kappa shape index (κ3) is 5.09. The van der Waals surface area contributed by atoms with Crippen LogP contribution in [0.3, 0.4) is 0 Å². The van der Waals surface area contributed by atoms with Crippen LogP contribution in [0.1, 0.15) is 43.0 Å². The molecule has 0 aliphatic heterocycles. The molecule has 0 N–H and O–H groups in total. The van der Waals surface area contributed by atoms with Crippen LogP contribution in [-0.4, -0.2) is 31.5 Å². The van der Waals surface area contributed by atoms with Gasteiger partial charge in [0.05, 0.1) is 18.6 Å². The highest BCUT2D eigenvalue weighted by Crippen LogP contribution is 2.33. The van der Waals surface area contributed by atoms with Crippen LogP contribution in [0.4, 0.5) is 4.79 Å². The predicted octanol–water partition coefficient (Wildman–Crippen LogP) is 4.75. The number of nitrogens with zero attached hydrogens (tertiary/aromatic N) is 1. The molecule has 0 spiro atoms. The van der Waals surface area contributed by atoms with Crippen molar-refractivity contribution >= 4 is 16.1 Å². The lowest BCUT2D eigenvalue weighted by atomic mass is 10.1. The number of hydrogen-bond donors (Lipinski definition) is 0. The number of ether oxygens (including phenoxy) is 2. The summed E-state index contributed by atoms with van der Waals surface area (Å²) in [5.41, 5.74) is 1.61. The summed E-state index contributed by atoms with van der Waals surface area (Å²) >= 11 is 0. The van der Waals surface area contributed by atoms with E-state index in [4.69, 9.17) is 9.47 Å². The van der Waals surface area contributed by atoms with Gasteiger partial charge >= 0.3 is 6.09 Å². The molecule has 0 radical (unpaired) electrons. The van der Waals surface area contributed by atoms with Crippen LogP contribution in [0.15, 0.2) is 41.3 Å². The van der Waals surface area contributed by atoms with E-state index in [0.717, 1.165) is 4.31 Å².